The number of rotatable bonds is 6. The van der Waals surface area contributed by atoms with Crippen LogP contribution < -0.4 is 21.1 Å². The average Bonchev–Trinajstić information content (AvgIpc) is 3.04. The zero-order valence-electron chi connectivity index (χ0n) is 15.0. The van der Waals surface area contributed by atoms with Gasteiger partial charge < -0.3 is 30.8 Å². The minimum absolute atomic E-state index is 0.0570. The molecule has 1 aromatic heterocycles. The molecule has 0 aliphatic heterocycles. The number of ether oxygens (including phenoxy) is 1. The van der Waals surface area contributed by atoms with Crippen LogP contribution in [0.1, 0.15) is 16.1 Å². The van der Waals surface area contributed by atoms with Crippen molar-refractivity contribution in [3.05, 3.63) is 66.1 Å². The first kappa shape index (κ1) is 18.8. The van der Waals surface area contributed by atoms with Gasteiger partial charge in [-0.05, 0) is 29.8 Å². The van der Waals surface area contributed by atoms with E-state index in [2.05, 4.69) is 15.6 Å². The van der Waals surface area contributed by atoms with Crippen molar-refractivity contribution >= 4 is 23.3 Å². The van der Waals surface area contributed by atoms with Crippen LogP contribution in [-0.2, 0) is 6.54 Å². The van der Waals surface area contributed by atoms with Crippen LogP contribution in [0.15, 0.2) is 54.9 Å². The van der Waals surface area contributed by atoms with Crippen molar-refractivity contribution in [2.24, 2.45) is 5.73 Å². The Bertz CT molecular complexity index is 998. The number of hydrogen-bond donors (Lipinski definition) is 4. The fourth-order valence-electron chi connectivity index (χ4n) is 2.67. The molecule has 0 saturated heterocycles. The fraction of sp³-hybridized carbons (Fsp3) is 0.105. The lowest BCUT2D eigenvalue weighted by atomic mass is 10.2. The number of nitrogens with zero attached hydrogens (tertiary/aromatic N) is 2. The number of aromatic nitrogens is 2. The molecule has 5 N–H and O–H groups in total. The molecule has 3 rings (SSSR count). The smallest absolute Gasteiger partial charge is 0.323 e. The van der Waals surface area contributed by atoms with Crippen molar-refractivity contribution < 1.29 is 19.4 Å². The predicted octanol–water partition coefficient (Wildman–Crippen LogP) is 2.39. The van der Waals surface area contributed by atoms with Gasteiger partial charge in [0.1, 0.15) is 5.75 Å². The number of para-hydroxylation sites is 2. The van der Waals surface area contributed by atoms with Crippen LogP contribution in [0.4, 0.5) is 16.2 Å². The largest absolute Gasteiger partial charge is 0.495 e. The van der Waals surface area contributed by atoms with Gasteiger partial charge in [0, 0.05) is 12.2 Å². The Morgan fingerprint density at radius 2 is 1.86 bits per heavy atom. The lowest BCUT2D eigenvalue weighted by Gasteiger charge is -2.11. The zero-order valence-corrected chi connectivity index (χ0v) is 15.0. The highest BCUT2D eigenvalue weighted by Crippen LogP contribution is 2.23. The van der Waals surface area contributed by atoms with Gasteiger partial charge >= 0.3 is 6.03 Å². The highest BCUT2D eigenvalue weighted by molar-refractivity contribution is 6.00. The van der Waals surface area contributed by atoms with Crippen molar-refractivity contribution in [3.63, 3.8) is 0 Å². The summed E-state index contributed by atoms with van der Waals surface area (Å²) in [5.41, 5.74) is 7.16. The van der Waals surface area contributed by atoms with Crippen LogP contribution in [0.25, 0.3) is 0 Å². The van der Waals surface area contributed by atoms with E-state index < -0.39 is 17.8 Å². The van der Waals surface area contributed by atoms with Crippen molar-refractivity contribution in [1.29, 1.82) is 0 Å². The number of urea groups is 1. The lowest BCUT2D eigenvalue weighted by molar-refractivity contribution is 0.0989. The van der Waals surface area contributed by atoms with Crippen molar-refractivity contribution in [2.75, 3.05) is 17.7 Å². The van der Waals surface area contributed by atoms with E-state index in [1.54, 1.807) is 42.5 Å². The number of methoxy groups -OCH3 is 1. The molecule has 1 heterocycles. The molecule has 0 radical (unpaired) electrons. The Labute approximate surface area is 160 Å². The summed E-state index contributed by atoms with van der Waals surface area (Å²) < 4.78 is 6.65. The first-order chi connectivity index (χ1) is 13.5. The molecule has 2 aromatic carbocycles. The van der Waals surface area contributed by atoms with Crippen molar-refractivity contribution in [3.8, 4) is 11.6 Å². The monoisotopic (exact) mass is 381 g/mol. The minimum Gasteiger partial charge on any atom is -0.495 e. The second-order valence-electron chi connectivity index (χ2n) is 5.89. The van der Waals surface area contributed by atoms with Crippen LogP contribution in [0, 0.1) is 0 Å². The van der Waals surface area contributed by atoms with Crippen LogP contribution in [0.5, 0.6) is 11.6 Å². The van der Waals surface area contributed by atoms with Crippen LogP contribution in [0.3, 0.4) is 0 Å². The lowest BCUT2D eigenvalue weighted by Crippen LogP contribution is -2.20. The molecule has 0 aliphatic carbocycles. The number of anilines is 2. The fourth-order valence-corrected chi connectivity index (χ4v) is 2.67. The maximum absolute atomic E-state index is 12.2. The summed E-state index contributed by atoms with van der Waals surface area (Å²) in [5.74, 6) is -0.609. The third-order valence-electron chi connectivity index (χ3n) is 3.97. The summed E-state index contributed by atoms with van der Waals surface area (Å²) in [6, 6.07) is 13.7. The molecule has 0 unspecified atom stereocenters. The molecule has 9 nitrogen and oxygen atoms in total. The molecule has 144 valence electrons. The molecular weight excluding hydrogens is 362 g/mol. The van der Waals surface area contributed by atoms with E-state index in [9.17, 15) is 14.7 Å². The standard InChI is InChI=1S/C19H19N5O4/c1-28-15-5-3-2-4-14(15)23-19(27)22-13-8-6-12(7-9-13)10-24-11-21-18(26)16(24)17(20)25/h2-9,11,26H,10H2,1H3,(H2,20,25)(H2,22,23,27). The highest BCUT2D eigenvalue weighted by atomic mass is 16.5. The van der Waals surface area contributed by atoms with Gasteiger partial charge in [-0.2, -0.15) is 0 Å². The number of carbonyl (C=O) groups excluding carboxylic acids is 2. The Kier molecular flexibility index (Phi) is 5.45. The summed E-state index contributed by atoms with van der Waals surface area (Å²) in [5, 5.41) is 15.0. The van der Waals surface area contributed by atoms with Gasteiger partial charge in [-0.25, -0.2) is 9.78 Å². The van der Waals surface area contributed by atoms with Crippen molar-refractivity contribution in [2.45, 2.75) is 6.54 Å². The van der Waals surface area contributed by atoms with E-state index in [0.717, 1.165) is 5.56 Å². The first-order valence-corrected chi connectivity index (χ1v) is 8.32. The number of nitrogens with two attached hydrogens (primary N) is 1. The van der Waals surface area contributed by atoms with Gasteiger partial charge in [0.2, 0.25) is 5.88 Å². The number of nitrogens with one attached hydrogen (secondary N) is 2. The Morgan fingerprint density at radius 1 is 1.14 bits per heavy atom. The summed E-state index contributed by atoms with van der Waals surface area (Å²) in [4.78, 5) is 27.3. The van der Waals surface area contributed by atoms with E-state index in [0.29, 0.717) is 23.7 Å². The van der Waals surface area contributed by atoms with E-state index >= 15 is 0 Å². The predicted molar refractivity (Wildman–Crippen MR) is 104 cm³/mol. The number of benzene rings is 2. The molecule has 0 spiro atoms. The van der Waals surface area contributed by atoms with Crippen LogP contribution in [-0.4, -0.2) is 33.7 Å². The molecule has 0 fully saturated rings. The molecule has 28 heavy (non-hydrogen) atoms. The third kappa shape index (κ3) is 4.21. The van der Waals surface area contributed by atoms with Gasteiger partial charge in [0.15, 0.2) is 5.69 Å². The highest BCUT2D eigenvalue weighted by Gasteiger charge is 2.15. The zero-order chi connectivity index (χ0) is 20.1. The molecule has 9 heteroatoms. The number of primary amides is 1. The number of aromatic hydroxyl groups is 1. The Balaban J connectivity index is 1.65. The maximum Gasteiger partial charge on any atom is 0.323 e. The SMILES string of the molecule is COc1ccccc1NC(=O)Nc1ccc(Cn2cnc(O)c2C(N)=O)cc1. The number of hydrogen-bond acceptors (Lipinski definition) is 5. The summed E-state index contributed by atoms with van der Waals surface area (Å²) in [6.07, 6.45) is 1.34. The van der Waals surface area contributed by atoms with Gasteiger partial charge in [-0.15, -0.1) is 0 Å². The molecule has 0 saturated carbocycles. The summed E-state index contributed by atoms with van der Waals surface area (Å²) in [6.45, 7) is 0.291. The molecule has 0 bridgehead atoms. The Morgan fingerprint density at radius 3 is 2.54 bits per heavy atom. The van der Waals surface area contributed by atoms with Gasteiger partial charge in [-0.3, -0.25) is 4.79 Å². The molecular formula is C19H19N5O4. The second-order valence-corrected chi connectivity index (χ2v) is 5.89. The number of amides is 3. The third-order valence-corrected chi connectivity index (χ3v) is 3.97. The van der Waals surface area contributed by atoms with Gasteiger partial charge in [0.05, 0.1) is 19.1 Å². The van der Waals surface area contributed by atoms with E-state index in [4.69, 9.17) is 10.5 Å². The van der Waals surface area contributed by atoms with Crippen LogP contribution in [0.2, 0.25) is 0 Å². The minimum atomic E-state index is -0.763. The van der Waals surface area contributed by atoms with Crippen molar-refractivity contribution in [1.82, 2.24) is 9.55 Å². The van der Waals surface area contributed by atoms with Crippen LogP contribution >= 0.6 is 0 Å². The van der Waals surface area contributed by atoms with E-state index in [-0.39, 0.29) is 5.69 Å². The normalized spacial score (nSPS) is 10.3. The van der Waals surface area contributed by atoms with Gasteiger partial charge in [0.25, 0.3) is 5.91 Å². The topological polar surface area (TPSA) is 132 Å². The van der Waals surface area contributed by atoms with E-state index in [1.165, 1.54) is 18.0 Å². The van der Waals surface area contributed by atoms with Gasteiger partial charge in [-0.1, -0.05) is 24.3 Å². The quantitative estimate of drug-likeness (QED) is 0.521. The second kappa shape index (κ2) is 8.12. The average molecular weight is 381 g/mol. The summed E-state index contributed by atoms with van der Waals surface area (Å²) in [7, 11) is 1.53. The maximum atomic E-state index is 12.2. The Hall–Kier alpha value is -4.01. The molecule has 0 atom stereocenters. The molecule has 0 aliphatic rings. The number of imidazole rings is 1. The first-order valence-electron chi connectivity index (χ1n) is 8.32. The molecule has 3 amide bonds. The van der Waals surface area contributed by atoms with E-state index in [1.807, 2.05) is 6.07 Å². The molecule has 3 aromatic rings. The number of carbonyl (C=O) groups is 2. The summed E-state index contributed by atoms with van der Waals surface area (Å²) >= 11 is 0.